The second kappa shape index (κ2) is 4.88. The van der Waals surface area contributed by atoms with E-state index >= 15 is 0 Å². The highest BCUT2D eigenvalue weighted by Crippen LogP contribution is 2.38. The summed E-state index contributed by atoms with van der Waals surface area (Å²) >= 11 is 7.55. The molecule has 3 rings (SSSR count). The van der Waals surface area contributed by atoms with E-state index in [1.54, 1.807) is 12.4 Å². The molecule has 0 saturated heterocycles. The summed E-state index contributed by atoms with van der Waals surface area (Å²) in [5.41, 5.74) is 3.08. The van der Waals surface area contributed by atoms with Gasteiger partial charge in [0.15, 0.2) is 4.47 Å². The highest BCUT2D eigenvalue weighted by Gasteiger charge is 2.13. The Bertz CT molecular complexity index is 593. The summed E-state index contributed by atoms with van der Waals surface area (Å²) in [4.78, 5) is 9.53. The van der Waals surface area contributed by atoms with Gasteiger partial charge in [0.2, 0.25) is 0 Å². The molecule has 2 heterocycles. The second-order valence-electron chi connectivity index (χ2n) is 3.75. The van der Waals surface area contributed by atoms with Gasteiger partial charge in [0.25, 0.3) is 0 Å². The van der Waals surface area contributed by atoms with Crippen molar-refractivity contribution in [2.24, 2.45) is 0 Å². The first-order chi connectivity index (χ1) is 8.84. The quantitative estimate of drug-likeness (QED) is 0.685. The van der Waals surface area contributed by atoms with Gasteiger partial charge in [-0.15, -0.1) is 11.3 Å². The number of benzene rings is 1. The molecular formula is C14H9ClN2S. The fourth-order valence-corrected chi connectivity index (χ4v) is 2.92. The Morgan fingerprint density at radius 3 is 2.33 bits per heavy atom. The van der Waals surface area contributed by atoms with Crippen LogP contribution in [0, 0.1) is 0 Å². The monoisotopic (exact) mass is 272 g/mol. The minimum Gasteiger partial charge on any atom is -0.265 e. The molecule has 88 valence electrons. The van der Waals surface area contributed by atoms with Crippen LogP contribution in [0.3, 0.4) is 0 Å². The van der Waals surface area contributed by atoms with Crippen LogP contribution in [0.25, 0.3) is 21.7 Å². The predicted octanol–water partition coefficient (Wildman–Crippen LogP) is 4.53. The van der Waals surface area contributed by atoms with Gasteiger partial charge in [-0.1, -0.05) is 41.9 Å². The van der Waals surface area contributed by atoms with Crippen LogP contribution in [-0.2, 0) is 0 Å². The van der Waals surface area contributed by atoms with Crippen LogP contribution >= 0.6 is 22.9 Å². The smallest absolute Gasteiger partial charge is 0.184 e. The fraction of sp³-hybridized carbons (Fsp3) is 0. The molecule has 0 N–H and O–H groups in total. The zero-order valence-electron chi connectivity index (χ0n) is 9.38. The van der Waals surface area contributed by atoms with Gasteiger partial charge in [0, 0.05) is 18.0 Å². The fourth-order valence-electron chi connectivity index (χ4n) is 1.78. The number of pyridine rings is 1. The van der Waals surface area contributed by atoms with Crippen molar-refractivity contribution in [1.29, 1.82) is 0 Å². The summed E-state index contributed by atoms with van der Waals surface area (Å²) < 4.78 is 0.556. The van der Waals surface area contributed by atoms with E-state index in [2.05, 4.69) is 22.1 Å². The van der Waals surface area contributed by atoms with Crippen LogP contribution in [0.1, 0.15) is 0 Å². The zero-order chi connectivity index (χ0) is 12.4. The van der Waals surface area contributed by atoms with Crippen LogP contribution < -0.4 is 0 Å². The summed E-state index contributed by atoms with van der Waals surface area (Å²) in [6.45, 7) is 0. The molecule has 0 saturated carbocycles. The van der Waals surface area contributed by atoms with Gasteiger partial charge in [-0.25, -0.2) is 4.98 Å². The van der Waals surface area contributed by atoms with E-state index in [0.29, 0.717) is 4.47 Å². The van der Waals surface area contributed by atoms with Gasteiger partial charge in [-0.3, -0.25) is 4.98 Å². The van der Waals surface area contributed by atoms with Gasteiger partial charge in [-0.05, 0) is 17.7 Å². The second-order valence-corrected chi connectivity index (χ2v) is 5.33. The molecule has 2 nitrogen and oxygen atoms in total. The summed E-state index contributed by atoms with van der Waals surface area (Å²) in [5.74, 6) is 0. The third-order valence-corrected chi connectivity index (χ3v) is 3.80. The average molecular weight is 273 g/mol. The van der Waals surface area contributed by atoms with E-state index in [9.17, 15) is 0 Å². The van der Waals surface area contributed by atoms with Crippen LogP contribution in [0.5, 0.6) is 0 Å². The molecule has 3 aromatic rings. The molecule has 0 aliphatic carbocycles. The minimum atomic E-state index is 0.556. The number of halogens is 1. The summed E-state index contributed by atoms with van der Waals surface area (Å²) in [5, 5.41) is 0. The Kier molecular flexibility index (Phi) is 3.09. The highest BCUT2D eigenvalue weighted by atomic mass is 35.5. The van der Waals surface area contributed by atoms with Crippen molar-refractivity contribution in [2.45, 2.75) is 0 Å². The van der Waals surface area contributed by atoms with Crippen molar-refractivity contribution in [2.75, 3.05) is 0 Å². The maximum Gasteiger partial charge on any atom is 0.184 e. The molecule has 0 radical (unpaired) electrons. The molecule has 2 aromatic heterocycles. The van der Waals surface area contributed by atoms with Crippen molar-refractivity contribution < 1.29 is 0 Å². The highest BCUT2D eigenvalue weighted by molar-refractivity contribution is 7.19. The van der Waals surface area contributed by atoms with Crippen molar-refractivity contribution in [1.82, 2.24) is 9.97 Å². The van der Waals surface area contributed by atoms with Crippen molar-refractivity contribution >= 4 is 22.9 Å². The topological polar surface area (TPSA) is 25.8 Å². The molecule has 18 heavy (non-hydrogen) atoms. The SMILES string of the molecule is Clc1nc(-c2ccncc2)c(-c2ccccc2)s1. The van der Waals surface area contributed by atoms with Crippen molar-refractivity contribution in [3.05, 3.63) is 59.3 Å². The van der Waals surface area contributed by atoms with Gasteiger partial charge in [0.05, 0.1) is 10.6 Å². The molecule has 0 aliphatic heterocycles. The van der Waals surface area contributed by atoms with E-state index < -0.39 is 0 Å². The maximum atomic E-state index is 6.06. The van der Waals surface area contributed by atoms with Crippen molar-refractivity contribution in [3.63, 3.8) is 0 Å². The minimum absolute atomic E-state index is 0.556. The van der Waals surface area contributed by atoms with Crippen LogP contribution in [0.4, 0.5) is 0 Å². The predicted molar refractivity (Wildman–Crippen MR) is 75.8 cm³/mol. The Morgan fingerprint density at radius 1 is 0.889 bits per heavy atom. The molecular weight excluding hydrogens is 264 g/mol. The molecule has 0 bridgehead atoms. The van der Waals surface area contributed by atoms with Gasteiger partial charge in [-0.2, -0.15) is 0 Å². The van der Waals surface area contributed by atoms with Crippen LogP contribution in [0.15, 0.2) is 54.9 Å². The van der Waals surface area contributed by atoms with E-state index in [-0.39, 0.29) is 0 Å². The lowest BCUT2D eigenvalue weighted by Gasteiger charge is -2.01. The Labute approximate surface area is 114 Å². The summed E-state index contributed by atoms with van der Waals surface area (Å²) in [6, 6.07) is 14.0. The van der Waals surface area contributed by atoms with Crippen LogP contribution in [-0.4, -0.2) is 9.97 Å². The summed E-state index contributed by atoms with van der Waals surface area (Å²) in [6.07, 6.45) is 3.52. The van der Waals surface area contributed by atoms with E-state index in [1.165, 1.54) is 11.3 Å². The normalized spacial score (nSPS) is 10.5. The van der Waals surface area contributed by atoms with E-state index in [0.717, 1.165) is 21.7 Å². The third-order valence-electron chi connectivity index (χ3n) is 2.59. The first-order valence-corrected chi connectivity index (χ1v) is 6.66. The number of thiazole rings is 1. The molecule has 0 atom stereocenters. The Morgan fingerprint density at radius 2 is 1.61 bits per heavy atom. The van der Waals surface area contributed by atoms with Gasteiger partial charge >= 0.3 is 0 Å². The molecule has 4 heteroatoms. The molecule has 1 aromatic carbocycles. The molecule has 0 fully saturated rings. The molecule has 0 amide bonds. The number of hydrogen-bond donors (Lipinski definition) is 0. The Balaban J connectivity index is 2.17. The third kappa shape index (κ3) is 2.15. The molecule has 0 unspecified atom stereocenters. The summed E-state index contributed by atoms with van der Waals surface area (Å²) in [7, 11) is 0. The maximum absolute atomic E-state index is 6.06. The lowest BCUT2D eigenvalue weighted by Crippen LogP contribution is -1.82. The standard InChI is InChI=1S/C14H9ClN2S/c15-14-17-12(10-6-8-16-9-7-10)13(18-14)11-4-2-1-3-5-11/h1-9H. The van der Waals surface area contributed by atoms with Crippen LogP contribution in [0.2, 0.25) is 4.47 Å². The van der Waals surface area contributed by atoms with E-state index in [1.807, 2.05) is 30.3 Å². The molecule has 0 spiro atoms. The Hall–Kier alpha value is -1.71. The first-order valence-electron chi connectivity index (χ1n) is 5.47. The largest absolute Gasteiger partial charge is 0.265 e. The molecule has 0 aliphatic rings. The van der Waals surface area contributed by atoms with E-state index in [4.69, 9.17) is 11.6 Å². The first kappa shape index (κ1) is 11.4. The number of hydrogen-bond acceptors (Lipinski definition) is 3. The lowest BCUT2D eigenvalue weighted by atomic mass is 10.1. The number of nitrogens with zero attached hydrogens (tertiary/aromatic N) is 2. The number of aromatic nitrogens is 2. The average Bonchev–Trinajstić information content (AvgIpc) is 2.83. The zero-order valence-corrected chi connectivity index (χ0v) is 10.9. The number of rotatable bonds is 2. The van der Waals surface area contributed by atoms with Gasteiger partial charge in [0.1, 0.15) is 0 Å². The van der Waals surface area contributed by atoms with Crippen molar-refractivity contribution in [3.8, 4) is 21.7 Å². The van der Waals surface area contributed by atoms with Gasteiger partial charge < -0.3 is 0 Å². The lowest BCUT2D eigenvalue weighted by molar-refractivity contribution is 1.31.